The highest BCUT2D eigenvalue weighted by atomic mass is 32.1. The molecule has 7 heteroatoms. The number of furan rings is 1. The van der Waals surface area contributed by atoms with E-state index in [1.807, 2.05) is 62.5 Å². The van der Waals surface area contributed by atoms with Gasteiger partial charge in [-0.2, -0.15) is 0 Å². The van der Waals surface area contributed by atoms with E-state index in [0.29, 0.717) is 28.8 Å². The SMILES string of the molecule is CCOc1cccc2cc(C(=O)C=Cc3csc(N(C(C)=O)c4c(C)cccc4C)n3)oc12. The Morgan fingerprint density at radius 3 is 2.58 bits per heavy atom. The van der Waals surface area contributed by atoms with E-state index in [1.54, 1.807) is 17.0 Å². The maximum atomic E-state index is 12.7. The largest absolute Gasteiger partial charge is 0.490 e. The first-order valence-electron chi connectivity index (χ1n) is 10.6. The van der Waals surface area contributed by atoms with Gasteiger partial charge in [0.2, 0.25) is 11.7 Å². The van der Waals surface area contributed by atoms with Crippen LogP contribution in [0, 0.1) is 13.8 Å². The number of para-hydroxylation sites is 2. The van der Waals surface area contributed by atoms with Crippen molar-refractivity contribution < 1.29 is 18.7 Å². The van der Waals surface area contributed by atoms with Gasteiger partial charge >= 0.3 is 0 Å². The molecule has 2 aromatic carbocycles. The number of ketones is 1. The molecule has 4 rings (SSSR count). The predicted octanol–water partition coefficient (Wildman–Crippen LogP) is 6.49. The first-order valence-corrected chi connectivity index (χ1v) is 11.5. The summed E-state index contributed by atoms with van der Waals surface area (Å²) in [6, 6.07) is 13.1. The van der Waals surface area contributed by atoms with E-state index in [4.69, 9.17) is 9.15 Å². The van der Waals surface area contributed by atoms with E-state index in [0.717, 1.165) is 22.2 Å². The van der Waals surface area contributed by atoms with Crippen LogP contribution in [-0.4, -0.2) is 23.3 Å². The van der Waals surface area contributed by atoms with Crippen molar-refractivity contribution in [3.05, 3.63) is 76.5 Å². The number of thiazole rings is 1. The second-order valence-electron chi connectivity index (χ2n) is 7.57. The minimum Gasteiger partial charge on any atom is -0.490 e. The Hall–Kier alpha value is -3.71. The predicted molar refractivity (Wildman–Crippen MR) is 132 cm³/mol. The molecule has 0 aliphatic carbocycles. The lowest BCUT2D eigenvalue weighted by Crippen LogP contribution is -2.24. The minimum absolute atomic E-state index is 0.124. The number of amides is 1. The molecule has 0 bridgehead atoms. The molecule has 0 aliphatic heterocycles. The van der Waals surface area contributed by atoms with Crippen LogP contribution in [-0.2, 0) is 4.79 Å². The summed E-state index contributed by atoms with van der Waals surface area (Å²) in [5, 5.41) is 3.17. The number of benzene rings is 2. The van der Waals surface area contributed by atoms with Crippen molar-refractivity contribution in [2.24, 2.45) is 0 Å². The highest BCUT2D eigenvalue weighted by molar-refractivity contribution is 7.14. The average Bonchev–Trinajstić information content (AvgIpc) is 3.42. The zero-order valence-electron chi connectivity index (χ0n) is 18.9. The number of hydrogen-bond donors (Lipinski definition) is 0. The lowest BCUT2D eigenvalue weighted by atomic mass is 10.1. The van der Waals surface area contributed by atoms with Gasteiger partial charge in [-0.1, -0.05) is 30.3 Å². The molecule has 168 valence electrons. The van der Waals surface area contributed by atoms with Crippen molar-refractivity contribution in [1.82, 2.24) is 4.98 Å². The van der Waals surface area contributed by atoms with Crippen LogP contribution >= 0.6 is 11.3 Å². The summed E-state index contributed by atoms with van der Waals surface area (Å²) in [6.45, 7) is 7.86. The number of allylic oxidation sites excluding steroid dienone is 1. The van der Waals surface area contributed by atoms with E-state index in [1.165, 1.54) is 24.3 Å². The second kappa shape index (κ2) is 9.42. The number of anilines is 2. The Morgan fingerprint density at radius 1 is 1.15 bits per heavy atom. The molecule has 0 unspecified atom stereocenters. The topological polar surface area (TPSA) is 72.6 Å². The van der Waals surface area contributed by atoms with Crippen LogP contribution in [0.4, 0.5) is 10.8 Å². The van der Waals surface area contributed by atoms with Gasteiger partial charge in [0.1, 0.15) is 0 Å². The molecular formula is C26H24N2O4S. The van der Waals surface area contributed by atoms with Crippen LogP contribution in [0.1, 0.15) is 41.2 Å². The van der Waals surface area contributed by atoms with Gasteiger partial charge in [0.05, 0.1) is 18.0 Å². The van der Waals surface area contributed by atoms with Gasteiger partial charge in [-0.3, -0.25) is 14.5 Å². The van der Waals surface area contributed by atoms with Crippen LogP contribution in [0.25, 0.3) is 17.0 Å². The highest BCUT2D eigenvalue weighted by Gasteiger charge is 2.21. The van der Waals surface area contributed by atoms with Crippen LogP contribution in [0.2, 0.25) is 0 Å². The normalized spacial score (nSPS) is 11.3. The molecule has 33 heavy (non-hydrogen) atoms. The number of aromatic nitrogens is 1. The molecule has 0 atom stereocenters. The first kappa shape index (κ1) is 22.5. The number of hydrogen-bond acceptors (Lipinski definition) is 6. The molecule has 6 nitrogen and oxygen atoms in total. The first-order chi connectivity index (χ1) is 15.9. The maximum absolute atomic E-state index is 12.7. The van der Waals surface area contributed by atoms with Crippen molar-refractivity contribution in [1.29, 1.82) is 0 Å². The third-order valence-corrected chi connectivity index (χ3v) is 5.98. The summed E-state index contributed by atoms with van der Waals surface area (Å²) in [6.07, 6.45) is 3.05. The molecule has 1 amide bonds. The number of aryl methyl sites for hydroxylation is 2. The molecule has 2 heterocycles. The van der Waals surface area contributed by atoms with Crippen molar-refractivity contribution in [3.63, 3.8) is 0 Å². The van der Waals surface area contributed by atoms with E-state index in [-0.39, 0.29) is 17.5 Å². The lowest BCUT2D eigenvalue weighted by molar-refractivity contribution is -0.115. The van der Waals surface area contributed by atoms with Crippen LogP contribution in [0.3, 0.4) is 0 Å². The summed E-state index contributed by atoms with van der Waals surface area (Å²) < 4.78 is 11.3. The van der Waals surface area contributed by atoms with Crippen LogP contribution in [0.5, 0.6) is 5.75 Å². The fourth-order valence-corrected chi connectivity index (χ4v) is 4.51. The van der Waals surface area contributed by atoms with E-state index in [9.17, 15) is 9.59 Å². The van der Waals surface area contributed by atoms with Gasteiger partial charge in [0, 0.05) is 17.7 Å². The van der Waals surface area contributed by atoms with Gasteiger partial charge in [-0.05, 0) is 56.2 Å². The minimum atomic E-state index is -0.277. The molecule has 2 aromatic heterocycles. The van der Waals surface area contributed by atoms with E-state index >= 15 is 0 Å². The highest BCUT2D eigenvalue weighted by Crippen LogP contribution is 2.34. The summed E-state index contributed by atoms with van der Waals surface area (Å²) in [4.78, 5) is 31.4. The zero-order chi connectivity index (χ0) is 23.5. The smallest absolute Gasteiger partial charge is 0.230 e. The molecule has 0 saturated carbocycles. The summed E-state index contributed by atoms with van der Waals surface area (Å²) >= 11 is 1.35. The fourth-order valence-electron chi connectivity index (χ4n) is 3.67. The van der Waals surface area contributed by atoms with Crippen molar-refractivity contribution in [2.45, 2.75) is 27.7 Å². The second-order valence-corrected chi connectivity index (χ2v) is 8.40. The van der Waals surface area contributed by atoms with Gasteiger partial charge in [0.15, 0.2) is 22.2 Å². The molecule has 4 aromatic rings. The molecule has 0 N–H and O–H groups in total. The molecule has 0 spiro atoms. The van der Waals surface area contributed by atoms with E-state index < -0.39 is 0 Å². The quantitative estimate of drug-likeness (QED) is 0.233. The number of nitrogens with zero attached hydrogens (tertiary/aromatic N) is 2. The number of fused-ring (bicyclic) bond motifs is 1. The van der Waals surface area contributed by atoms with Crippen molar-refractivity contribution >= 4 is 50.9 Å². The number of carbonyl (C=O) groups excluding carboxylic acids is 2. The third-order valence-electron chi connectivity index (χ3n) is 5.14. The molecule has 0 radical (unpaired) electrons. The van der Waals surface area contributed by atoms with Gasteiger partial charge in [-0.25, -0.2) is 4.98 Å². The monoisotopic (exact) mass is 460 g/mol. The average molecular weight is 461 g/mol. The van der Waals surface area contributed by atoms with Gasteiger partial charge in [0.25, 0.3) is 0 Å². The Labute approximate surface area is 196 Å². The fraction of sp³-hybridized carbons (Fsp3) is 0.192. The summed E-state index contributed by atoms with van der Waals surface area (Å²) in [7, 11) is 0. The van der Waals surface area contributed by atoms with Crippen molar-refractivity contribution in [3.8, 4) is 5.75 Å². The number of rotatable bonds is 7. The summed E-state index contributed by atoms with van der Waals surface area (Å²) in [5.41, 5.74) is 3.95. The number of carbonyl (C=O) groups is 2. The molecule has 0 aliphatic rings. The van der Waals surface area contributed by atoms with Gasteiger partial charge < -0.3 is 9.15 Å². The Kier molecular flexibility index (Phi) is 6.42. The van der Waals surface area contributed by atoms with Crippen molar-refractivity contribution in [2.75, 3.05) is 11.5 Å². The molecule has 0 fully saturated rings. The van der Waals surface area contributed by atoms with Crippen LogP contribution in [0.15, 0.2) is 58.3 Å². The number of ether oxygens (including phenoxy) is 1. The third kappa shape index (κ3) is 4.59. The van der Waals surface area contributed by atoms with Gasteiger partial charge in [-0.15, -0.1) is 11.3 Å². The Balaban J connectivity index is 1.58. The summed E-state index contributed by atoms with van der Waals surface area (Å²) in [5.74, 6) is 0.435. The zero-order valence-corrected chi connectivity index (χ0v) is 19.7. The lowest BCUT2D eigenvalue weighted by Gasteiger charge is -2.22. The molecular weight excluding hydrogens is 436 g/mol. The maximum Gasteiger partial charge on any atom is 0.230 e. The Bertz CT molecular complexity index is 1350. The Morgan fingerprint density at radius 2 is 1.88 bits per heavy atom. The molecule has 0 saturated heterocycles. The van der Waals surface area contributed by atoms with E-state index in [2.05, 4.69) is 4.98 Å². The van der Waals surface area contributed by atoms with Crippen LogP contribution < -0.4 is 9.64 Å². The standard InChI is InChI=1S/C26H24N2O4S/c1-5-31-22-11-7-10-19-14-23(32-25(19)22)21(30)13-12-20-15-33-26(27-20)28(18(4)29)24-16(2)8-6-9-17(24)3/h6-15H,5H2,1-4H3.